The van der Waals surface area contributed by atoms with Crippen molar-refractivity contribution in [2.75, 3.05) is 13.1 Å². The Morgan fingerprint density at radius 2 is 2.05 bits per heavy atom. The molecule has 3 heteroatoms. The summed E-state index contributed by atoms with van der Waals surface area (Å²) in [7, 11) is 2.00. The van der Waals surface area contributed by atoms with E-state index in [0.717, 1.165) is 36.3 Å². The summed E-state index contributed by atoms with van der Waals surface area (Å²) in [6, 6.07) is 8.24. The highest BCUT2D eigenvalue weighted by Gasteiger charge is 2.26. The molecule has 2 heterocycles. The van der Waals surface area contributed by atoms with Crippen molar-refractivity contribution in [3.8, 4) is 0 Å². The summed E-state index contributed by atoms with van der Waals surface area (Å²) in [5, 5.41) is 1.18. The van der Waals surface area contributed by atoms with Gasteiger partial charge < -0.3 is 9.47 Å². The molecule has 0 spiro atoms. The normalized spacial score (nSPS) is 19.6. The number of nitrogens with zero attached hydrogens (tertiary/aromatic N) is 2. The lowest BCUT2D eigenvalue weighted by molar-refractivity contribution is 0.0673. The van der Waals surface area contributed by atoms with Crippen LogP contribution in [0.25, 0.3) is 10.9 Å². The third-order valence-corrected chi connectivity index (χ3v) is 4.51. The molecule has 0 bridgehead atoms. The Hall–Kier alpha value is -1.77. The van der Waals surface area contributed by atoms with Crippen LogP contribution in [0, 0.1) is 12.8 Å². The Labute approximate surface area is 120 Å². The van der Waals surface area contributed by atoms with Gasteiger partial charge in [0.1, 0.15) is 5.69 Å². The smallest absolute Gasteiger partial charge is 0.270 e. The second kappa shape index (κ2) is 4.97. The van der Waals surface area contributed by atoms with Crippen LogP contribution in [0.2, 0.25) is 0 Å². The highest BCUT2D eigenvalue weighted by molar-refractivity contribution is 6.01. The summed E-state index contributed by atoms with van der Waals surface area (Å²) >= 11 is 0. The van der Waals surface area contributed by atoms with E-state index in [2.05, 4.69) is 26.0 Å². The lowest BCUT2D eigenvalue weighted by atomic mass is 10.00. The number of para-hydroxylation sites is 1. The van der Waals surface area contributed by atoms with Gasteiger partial charge in [-0.25, -0.2) is 0 Å². The van der Waals surface area contributed by atoms with Crippen molar-refractivity contribution in [2.45, 2.75) is 26.7 Å². The lowest BCUT2D eigenvalue weighted by Gasteiger charge is -2.31. The molecule has 1 saturated heterocycles. The lowest BCUT2D eigenvalue weighted by Crippen LogP contribution is -2.40. The van der Waals surface area contributed by atoms with E-state index in [0.29, 0.717) is 5.92 Å². The molecule has 0 N–H and O–H groups in total. The van der Waals surface area contributed by atoms with Crippen LogP contribution in [0.5, 0.6) is 0 Å². The Morgan fingerprint density at radius 3 is 2.75 bits per heavy atom. The first kappa shape index (κ1) is 13.2. The summed E-state index contributed by atoms with van der Waals surface area (Å²) in [6.07, 6.45) is 2.35. The number of hydrogen-bond donors (Lipinski definition) is 0. The van der Waals surface area contributed by atoms with Gasteiger partial charge in [0.2, 0.25) is 0 Å². The molecule has 1 aromatic heterocycles. The Bertz CT molecular complexity index is 617. The Kier molecular flexibility index (Phi) is 3.28. The van der Waals surface area contributed by atoms with Crippen LogP contribution in [-0.2, 0) is 7.05 Å². The standard InChI is InChI=1S/C17H22N2O/c1-12-7-6-10-19(11-12)17(20)16-13(2)14-8-4-5-9-15(14)18(16)3/h4-5,8-9,12H,6-7,10-11H2,1-3H3. The Balaban J connectivity index is 2.03. The third kappa shape index (κ3) is 2.01. The largest absolute Gasteiger partial charge is 0.339 e. The summed E-state index contributed by atoms with van der Waals surface area (Å²) in [4.78, 5) is 14.9. The number of likely N-dealkylation sites (tertiary alicyclic amines) is 1. The van der Waals surface area contributed by atoms with E-state index < -0.39 is 0 Å². The van der Waals surface area contributed by atoms with Gasteiger partial charge in [0.05, 0.1) is 0 Å². The topological polar surface area (TPSA) is 25.2 Å². The molecule has 1 amide bonds. The van der Waals surface area contributed by atoms with Gasteiger partial charge in [-0.15, -0.1) is 0 Å². The summed E-state index contributed by atoms with van der Waals surface area (Å²) in [6.45, 7) is 6.07. The van der Waals surface area contributed by atoms with Gasteiger partial charge in [0, 0.05) is 31.0 Å². The van der Waals surface area contributed by atoms with Crippen LogP contribution in [-0.4, -0.2) is 28.5 Å². The van der Waals surface area contributed by atoms with E-state index >= 15 is 0 Å². The van der Waals surface area contributed by atoms with Crippen molar-refractivity contribution in [2.24, 2.45) is 13.0 Å². The summed E-state index contributed by atoms with van der Waals surface area (Å²) in [5.41, 5.74) is 3.09. The first-order chi connectivity index (χ1) is 9.59. The number of aromatic nitrogens is 1. The molecule has 1 aliphatic rings. The molecule has 0 saturated carbocycles. The molecule has 1 unspecified atom stereocenters. The monoisotopic (exact) mass is 270 g/mol. The van der Waals surface area contributed by atoms with Gasteiger partial charge in [0.15, 0.2) is 0 Å². The van der Waals surface area contributed by atoms with Gasteiger partial charge in [-0.1, -0.05) is 25.1 Å². The molecule has 106 valence electrons. The molecule has 1 fully saturated rings. The minimum absolute atomic E-state index is 0.188. The fourth-order valence-electron chi connectivity index (χ4n) is 3.41. The zero-order valence-electron chi connectivity index (χ0n) is 12.5. The SMILES string of the molecule is Cc1c(C(=O)N2CCCC(C)C2)n(C)c2ccccc12. The number of rotatable bonds is 1. The van der Waals surface area contributed by atoms with Gasteiger partial charge in [-0.2, -0.15) is 0 Å². The molecule has 1 atom stereocenters. The number of carbonyl (C=O) groups is 1. The minimum Gasteiger partial charge on any atom is -0.339 e. The van der Waals surface area contributed by atoms with Crippen LogP contribution < -0.4 is 0 Å². The first-order valence-electron chi connectivity index (χ1n) is 7.43. The molecule has 20 heavy (non-hydrogen) atoms. The van der Waals surface area contributed by atoms with Crippen molar-refractivity contribution in [3.05, 3.63) is 35.5 Å². The quantitative estimate of drug-likeness (QED) is 0.780. The first-order valence-corrected chi connectivity index (χ1v) is 7.43. The second-order valence-corrected chi connectivity index (χ2v) is 6.05. The van der Waals surface area contributed by atoms with E-state index in [-0.39, 0.29) is 5.91 Å². The van der Waals surface area contributed by atoms with E-state index in [9.17, 15) is 4.79 Å². The number of aryl methyl sites for hydroxylation is 2. The van der Waals surface area contributed by atoms with E-state index in [1.807, 2.05) is 28.6 Å². The number of amides is 1. The van der Waals surface area contributed by atoms with Gasteiger partial charge in [0.25, 0.3) is 5.91 Å². The van der Waals surface area contributed by atoms with Crippen LogP contribution in [0.4, 0.5) is 0 Å². The van der Waals surface area contributed by atoms with Gasteiger partial charge in [-0.05, 0) is 37.3 Å². The maximum Gasteiger partial charge on any atom is 0.270 e. The average molecular weight is 270 g/mol. The highest BCUT2D eigenvalue weighted by Crippen LogP contribution is 2.27. The number of hydrogen-bond acceptors (Lipinski definition) is 1. The number of benzene rings is 1. The molecule has 1 aromatic carbocycles. The zero-order valence-corrected chi connectivity index (χ0v) is 12.5. The van der Waals surface area contributed by atoms with E-state index in [4.69, 9.17) is 0 Å². The van der Waals surface area contributed by atoms with Crippen molar-refractivity contribution in [1.29, 1.82) is 0 Å². The molecule has 1 aliphatic heterocycles. The average Bonchev–Trinajstić information content (AvgIpc) is 2.71. The highest BCUT2D eigenvalue weighted by atomic mass is 16.2. The number of fused-ring (bicyclic) bond motifs is 1. The molecule has 3 rings (SSSR count). The van der Waals surface area contributed by atoms with E-state index in [1.165, 1.54) is 11.8 Å². The molecule has 0 radical (unpaired) electrons. The predicted octanol–water partition coefficient (Wildman–Crippen LogP) is 3.36. The van der Waals surface area contributed by atoms with Gasteiger partial charge >= 0.3 is 0 Å². The fraction of sp³-hybridized carbons (Fsp3) is 0.471. The minimum atomic E-state index is 0.188. The molecule has 3 nitrogen and oxygen atoms in total. The third-order valence-electron chi connectivity index (χ3n) is 4.51. The van der Waals surface area contributed by atoms with Crippen molar-refractivity contribution >= 4 is 16.8 Å². The molecular weight excluding hydrogens is 248 g/mol. The number of piperidine rings is 1. The zero-order chi connectivity index (χ0) is 14.3. The van der Waals surface area contributed by atoms with E-state index in [1.54, 1.807) is 0 Å². The van der Waals surface area contributed by atoms with Crippen LogP contribution in [0.1, 0.15) is 35.8 Å². The Morgan fingerprint density at radius 1 is 1.30 bits per heavy atom. The maximum absolute atomic E-state index is 12.9. The van der Waals surface area contributed by atoms with Crippen LogP contribution in [0.15, 0.2) is 24.3 Å². The molecular formula is C17H22N2O. The van der Waals surface area contributed by atoms with Gasteiger partial charge in [-0.3, -0.25) is 4.79 Å². The fourth-order valence-corrected chi connectivity index (χ4v) is 3.41. The predicted molar refractivity (Wildman–Crippen MR) is 82.0 cm³/mol. The number of carbonyl (C=O) groups excluding carboxylic acids is 1. The van der Waals surface area contributed by atoms with Crippen LogP contribution >= 0.6 is 0 Å². The molecule has 0 aliphatic carbocycles. The van der Waals surface area contributed by atoms with Crippen LogP contribution in [0.3, 0.4) is 0 Å². The van der Waals surface area contributed by atoms with Crippen molar-refractivity contribution in [1.82, 2.24) is 9.47 Å². The molecule has 2 aromatic rings. The van der Waals surface area contributed by atoms with Crippen molar-refractivity contribution < 1.29 is 4.79 Å². The summed E-state index contributed by atoms with van der Waals surface area (Å²) in [5.74, 6) is 0.801. The van der Waals surface area contributed by atoms with Crippen molar-refractivity contribution in [3.63, 3.8) is 0 Å². The second-order valence-electron chi connectivity index (χ2n) is 6.05. The maximum atomic E-state index is 12.9. The summed E-state index contributed by atoms with van der Waals surface area (Å²) < 4.78 is 2.05.